The van der Waals surface area contributed by atoms with Crippen LogP contribution in [0.2, 0.25) is 0 Å². The third-order valence-corrected chi connectivity index (χ3v) is 7.38. The second kappa shape index (κ2) is 11.8. The monoisotopic (exact) mass is 406 g/mol. The van der Waals surface area contributed by atoms with Gasteiger partial charge in [0, 0.05) is 5.56 Å². The van der Waals surface area contributed by atoms with Gasteiger partial charge in [-0.15, -0.1) is 0 Å². The van der Waals surface area contributed by atoms with E-state index in [9.17, 15) is 13.2 Å². The van der Waals surface area contributed by atoms with Crippen molar-refractivity contribution in [1.29, 1.82) is 0 Å². The molecule has 0 unspecified atom stereocenters. The molecule has 29 heavy (non-hydrogen) atoms. The number of hydrogen-bond donors (Lipinski definition) is 0. The van der Waals surface area contributed by atoms with E-state index in [0.29, 0.717) is 12.3 Å². The highest BCUT2D eigenvalue weighted by Gasteiger charge is 2.31. The number of hydrogen-bond acceptors (Lipinski definition) is 0. The lowest BCUT2D eigenvalue weighted by Gasteiger charge is -2.38. The molecule has 3 rings (SSSR count). The van der Waals surface area contributed by atoms with Gasteiger partial charge in [-0.1, -0.05) is 36.4 Å². The van der Waals surface area contributed by atoms with Gasteiger partial charge in [0.2, 0.25) is 0 Å². The molecule has 2 saturated carbocycles. The van der Waals surface area contributed by atoms with E-state index in [-0.39, 0.29) is 12.2 Å². The van der Waals surface area contributed by atoms with Crippen LogP contribution in [0.25, 0.3) is 0 Å². The van der Waals surface area contributed by atoms with Crippen molar-refractivity contribution in [3.8, 4) is 0 Å². The summed E-state index contributed by atoms with van der Waals surface area (Å²) in [4.78, 5) is 0. The van der Waals surface area contributed by atoms with E-state index in [1.165, 1.54) is 63.4 Å². The van der Waals surface area contributed by atoms with Crippen LogP contribution in [0.5, 0.6) is 0 Å². The smallest absolute Gasteiger partial charge is 0.251 e. The Kier molecular flexibility index (Phi) is 9.14. The number of allylic oxidation sites excluding steroid dienone is 2. The molecule has 2 fully saturated rings. The number of unbranched alkanes of at least 4 members (excludes halogenated alkanes) is 2. The van der Waals surface area contributed by atoms with Crippen molar-refractivity contribution in [2.45, 2.75) is 89.4 Å². The molecular formula is C26H37F3. The molecule has 0 spiro atoms. The zero-order valence-corrected chi connectivity index (χ0v) is 17.7. The molecule has 0 bridgehead atoms. The molecule has 0 saturated heterocycles. The van der Waals surface area contributed by atoms with E-state index >= 15 is 0 Å². The number of benzene rings is 1. The van der Waals surface area contributed by atoms with Crippen LogP contribution in [0.3, 0.4) is 0 Å². The summed E-state index contributed by atoms with van der Waals surface area (Å²) >= 11 is 0. The van der Waals surface area contributed by atoms with Crippen molar-refractivity contribution in [3.63, 3.8) is 0 Å². The summed E-state index contributed by atoms with van der Waals surface area (Å²) in [6.45, 7) is -0.190. The Bertz CT molecular complexity index is 591. The lowest BCUT2D eigenvalue weighted by atomic mass is 9.68. The molecule has 0 aliphatic heterocycles. The van der Waals surface area contributed by atoms with Gasteiger partial charge in [-0.25, -0.2) is 8.78 Å². The van der Waals surface area contributed by atoms with E-state index in [0.717, 1.165) is 30.6 Å². The van der Waals surface area contributed by atoms with Crippen molar-refractivity contribution in [3.05, 3.63) is 47.5 Å². The SMILES string of the molecule is FCCCC/C=C/C[C@H]1CC[C@H](C2CCC(c3ccc(C(F)F)cc3)CC2)CC1. The normalized spacial score (nSPS) is 28.3. The molecule has 162 valence electrons. The van der Waals surface area contributed by atoms with Gasteiger partial charge >= 0.3 is 0 Å². The lowest BCUT2D eigenvalue weighted by molar-refractivity contribution is 0.151. The molecule has 2 aliphatic rings. The predicted octanol–water partition coefficient (Wildman–Crippen LogP) is 8.79. The second-order valence-corrected chi connectivity index (χ2v) is 9.25. The maximum Gasteiger partial charge on any atom is 0.263 e. The maximum absolute atomic E-state index is 12.7. The van der Waals surface area contributed by atoms with Crippen LogP contribution in [-0.4, -0.2) is 6.67 Å². The minimum Gasteiger partial charge on any atom is -0.251 e. The van der Waals surface area contributed by atoms with E-state index in [1.807, 2.05) is 12.1 Å². The second-order valence-electron chi connectivity index (χ2n) is 9.25. The van der Waals surface area contributed by atoms with Crippen LogP contribution in [0.15, 0.2) is 36.4 Å². The van der Waals surface area contributed by atoms with E-state index in [2.05, 4.69) is 12.2 Å². The molecule has 0 amide bonds. The Morgan fingerprint density at radius 1 is 0.793 bits per heavy atom. The first-order valence-electron chi connectivity index (χ1n) is 11.8. The topological polar surface area (TPSA) is 0 Å². The van der Waals surface area contributed by atoms with Crippen LogP contribution < -0.4 is 0 Å². The molecule has 2 aliphatic carbocycles. The van der Waals surface area contributed by atoms with Gasteiger partial charge < -0.3 is 0 Å². The van der Waals surface area contributed by atoms with Gasteiger partial charge in [0.25, 0.3) is 6.43 Å². The molecule has 0 aromatic heterocycles. The van der Waals surface area contributed by atoms with Crippen LogP contribution in [0.4, 0.5) is 13.2 Å². The van der Waals surface area contributed by atoms with E-state index in [4.69, 9.17) is 0 Å². The number of rotatable bonds is 9. The van der Waals surface area contributed by atoms with Gasteiger partial charge in [0.05, 0.1) is 6.67 Å². The maximum atomic E-state index is 12.7. The van der Waals surface area contributed by atoms with Crippen molar-refractivity contribution >= 4 is 0 Å². The van der Waals surface area contributed by atoms with Crippen LogP contribution >= 0.6 is 0 Å². The Morgan fingerprint density at radius 3 is 2.00 bits per heavy atom. The first kappa shape index (κ1) is 22.4. The average Bonchev–Trinajstić information content (AvgIpc) is 2.77. The first-order valence-corrected chi connectivity index (χ1v) is 11.8. The quantitative estimate of drug-likeness (QED) is 0.284. The van der Waals surface area contributed by atoms with E-state index in [1.54, 1.807) is 12.1 Å². The minimum absolute atomic E-state index is 0.133. The highest BCUT2D eigenvalue weighted by molar-refractivity contribution is 5.26. The van der Waals surface area contributed by atoms with Crippen molar-refractivity contribution in [1.82, 2.24) is 0 Å². The molecule has 1 aromatic carbocycles. The summed E-state index contributed by atoms with van der Waals surface area (Å²) in [5.74, 6) is 3.15. The Hall–Kier alpha value is -1.25. The largest absolute Gasteiger partial charge is 0.263 e. The lowest BCUT2D eigenvalue weighted by Crippen LogP contribution is -2.25. The average molecular weight is 407 g/mol. The summed E-state index contributed by atoms with van der Waals surface area (Å²) in [5.41, 5.74) is 1.38. The molecule has 0 nitrogen and oxygen atoms in total. The Labute approximate surface area is 175 Å². The fourth-order valence-electron chi connectivity index (χ4n) is 5.50. The van der Waals surface area contributed by atoms with Crippen LogP contribution in [0, 0.1) is 17.8 Å². The van der Waals surface area contributed by atoms with Crippen LogP contribution in [-0.2, 0) is 0 Å². The third-order valence-electron chi connectivity index (χ3n) is 7.38. The Balaban J connectivity index is 1.35. The summed E-state index contributed by atoms with van der Waals surface area (Å²) in [6.07, 6.45) is 16.6. The summed E-state index contributed by atoms with van der Waals surface area (Å²) in [5, 5.41) is 0. The fraction of sp³-hybridized carbons (Fsp3) is 0.692. The molecule has 0 heterocycles. The Morgan fingerprint density at radius 2 is 1.41 bits per heavy atom. The zero-order valence-electron chi connectivity index (χ0n) is 17.7. The standard InChI is InChI=1S/C26H37F3/c27-19-5-3-1-2-4-6-20-7-9-21(10-8-20)22-11-13-23(14-12-22)24-15-17-25(18-16-24)26(28)29/h2,4,15-18,20-23,26H,1,3,5-14,19H2/b4-2+/t20-,21-,22?,23?. The predicted molar refractivity (Wildman–Crippen MR) is 115 cm³/mol. The van der Waals surface area contributed by atoms with Crippen molar-refractivity contribution < 1.29 is 13.2 Å². The summed E-state index contributed by atoms with van der Waals surface area (Å²) in [6, 6.07) is 7.04. The van der Waals surface area contributed by atoms with Crippen molar-refractivity contribution in [2.24, 2.45) is 17.8 Å². The third kappa shape index (κ3) is 6.89. The van der Waals surface area contributed by atoms with E-state index < -0.39 is 6.43 Å². The van der Waals surface area contributed by atoms with Gasteiger partial charge in [-0.2, -0.15) is 0 Å². The first-order chi connectivity index (χ1) is 14.2. The highest BCUT2D eigenvalue weighted by atomic mass is 19.3. The fourth-order valence-corrected chi connectivity index (χ4v) is 5.50. The van der Waals surface area contributed by atoms with Gasteiger partial charge in [0.15, 0.2) is 0 Å². The minimum atomic E-state index is -2.37. The van der Waals surface area contributed by atoms with Gasteiger partial charge in [0.1, 0.15) is 0 Å². The summed E-state index contributed by atoms with van der Waals surface area (Å²) < 4.78 is 37.6. The van der Waals surface area contributed by atoms with Gasteiger partial charge in [-0.05, 0) is 106 Å². The van der Waals surface area contributed by atoms with Crippen molar-refractivity contribution in [2.75, 3.05) is 6.67 Å². The molecule has 3 heteroatoms. The highest BCUT2D eigenvalue weighted by Crippen LogP contribution is 2.44. The molecule has 0 radical (unpaired) electrons. The molecule has 0 atom stereocenters. The number of halogens is 3. The number of alkyl halides is 3. The zero-order chi connectivity index (χ0) is 20.5. The molecule has 1 aromatic rings. The molecular weight excluding hydrogens is 369 g/mol. The summed E-state index contributed by atoms with van der Waals surface area (Å²) in [7, 11) is 0. The van der Waals surface area contributed by atoms with Crippen LogP contribution in [0.1, 0.15) is 101 Å². The molecule has 0 N–H and O–H groups in total. The van der Waals surface area contributed by atoms with Gasteiger partial charge in [-0.3, -0.25) is 4.39 Å².